The predicted molar refractivity (Wildman–Crippen MR) is 110 cm³/mol. The molecule has 0 spiro atoms. The van der Waals surface area contributed by atoms with Crippen molar-refractivity contribution in [3.63, 3.8) is 0 Å². The van der Waals surface area contributed by atoms with Gasteiger partial charge in [0, 0.05) is 15.8 Å². The van der Waals surface area contributed by atoms with Gasteiger partial charge in [-0.3, -0.25) is 4.79 Å². The first kappa shape index (κ1) is 22.1. The van der Waals surface area contributed by atoms with Gasteiger partial charge in [0.05, 0.1) is 36.8 Å². The maximum Gasteiger partial charge on any atom is 0.339 e. The molecule has 1 N–H and O–H groups in total. The van der Waals surface area contributed by atoms with Gasteiger partial charge in [-0.15, -0.1) is 11.8 Å². The van der Waals surface area contributed by atoms with E-state index >= 15 is 0 Å². The molecule has 0 aliphatic carbocycles. The highest BCUT2D eigenvalue weighted by molar-refractivity contribution is 7.99. The molecule has 2 rings (SSSR count). The summed E-state index contributed by atoms with van der Waals surface area (Å²) >= 11 is 13.3. The van der Waals surface area contributed by atoms with E-state index in [0.717, 1.165) is 5.56 Å². The Labute approximate surface area is 176 Å². The van der Waals surface area contributed by atoms with Crippen molar-refractivity contribution >= 4 is 58.5 Å². The van der Waals surface area contributed by atoms with Crippen LogP contribution in [-0.2, 0) is 20.0 Å². The molecule has 0 aromatic heterocycles. The van der Waals surface area contributed by atoms with Crippen LogP contribution in [0.15, 0.2) is 36.4 Å². The summed E-state index contributed by atoms with van der Waals surface area (Å²) in [5, 5.41) is 3.70. The number of carbonyl (C=O) groups excluding carboxylic acids is 3. The number of hydrogen-bond acceptors (Lipinski definition) is 6. The first-order valence-electron chi connectivity index (χ1n) is 7.98. The Kier molecular flexibility index (Phi) is 8.17. The molecule has 0 aliphatic heterocycles. The van der Waals surface area contributed by atoms with Crippen LogP contribution in [0.2, 0.25) is 10.0 Å². The molecule has 28 heavy (non-hydrogen) atoms. The molecule has 0 saturated heterocycles. The topological polar surface area (TPSA) is 81.7 Å². The highest BCUT2D eigenvalue weighted by Gasteiger charge is 2.17. The largest absolute Gasteiger partial charge is 0.465 e. The predicted octanol–water partition coefficient (Wildman–Crippen LogP) is 4.44. The number of esters is 2. The minimum atomic E-state index is -0.632. The number of thioether (sulfide) groups is 1. The molecule has 0 radical (unpaired) electrons. The molecule has 2 aromatic rings. The molecule has 0 unspecified atom stereocenters. The number of anilines is 1. The molecule has 0 bridgehead atoms. The number of ether oxygens (including phenoxy) is 2. The molecule has 0 atom stereocenters. The van der Waals surface area contributed by atoms with Gasteiger partial charge in [-0.2, -0.15) is 0 Å². The van der Waals surface area contributed by atoms with Gasteiger partial charge in [0.15, 0.2) is 0 Å². The van der Waals surface area contributed by atoms with Crippen LogP contribution >= 0.6 is 35.0 Å². The quantitative estimate of drug-likeness (QED) is 0.639. The van der Waals surface area contributed by atoms with E-state index < -0.39 is 11.9 Å². The molecule has 6 nitrogen and oxygen atoms in total. The normalized spacial score (nSPS) is 10.3. The van der Waals surface area contributed by atoms with Crippen molar-refractivity contribution in [2.45, 2.75) is 5.75 Å². The van der Waals surface area contributed by atoms with E-state index in [0.29, 0.717) is 15.8 Å². The van der Waals surface area contributed by atoms with Crippen molar-refractivity contribution in [1.82, 2.24) is 0 Å². The molecular weight excluding hydrogens is 425 g/mol. The van der Waals surface area contributed by atoms with E-state index in [1.165, 1.54) is 44.2 Å². The van der Waals surface area contributed by atoms with Crippen LogP contribution in [0, 0.1) is 0 Å². The van der Waals surface area contributed by atoms with E-state index in [4.69, 9.17) is 27.9 Å². The van der Waals surface area contributed by atoms with Crippen LogP contribution in [-0.4, -0.2) is 37.8 Å². The van der Waals surface area contributed by atoms with Gasteiger partial charge < -0.3 is 14.8 Å². The van der Waals surface area contributed by atoms with Crippen LogP contribution < -0.4 is 5.32 Å². The van der Waals surface area contributed by atoms with E-state index in [2.05, 4.69) is 10.1 Å². The fraction of sp³-hybridized carbons (Fsp3) is 0.211. The summed E-state index contributed by atoms with van der Waals surface area (Å²) in [6.45, 7) is 0. The van der Waals surface area contributed by atoms with Gasteiger partial charge in [0.1, 0.15) is 0 Å². The first-order chi connectivity index (χ1) is 13.3. The third-order valence-corrected chi connectivity index (χ3v) is 5.19. The van der Waals surface area contributed by atoms with Crippen LogP contribution in [0.25, 0.3) is 0 Å². The number of benzene rings is 2. The molecule has 9 heteroatoms. The second-order valence-electron chi connectivity index (χ2n) is 5.52. The molecule has 1 amide bonds. The number of hydrogen-bond donors (Lipinski definition) is 1. The number of halogens is 2. The average Bonchev–Trinajstić information content (AvgIpc) is 2.68. The maximum atomic E-state index is 12.3. The number of rotatable bonds is 7. The minimum Gasteiger partial charge on any atom is -0.465 e. The van der Waals surface area contributed by atoms with E-state index in [1.54, 1.807) is 18.2 Å². The van der Waals surface area contributed by atoms with Gasteiger partial charge in [0.2, 0.25) is 5.91 Å². The number of amides is 1. The smallest absolute Gasteiger partial charge is 0.339 e. The second-order valence-corrected chi connectivity index (χ2v) is 7.35. The molecular formula is C19H17Cl2NO5S. The Balaban J connectivity index is 2.06. The van der Waals surface area contributed by atoms with E-state index in [-0.39, 0.29) is 28.5 Å². The first-order valence-corrected chi connectivity index (χ1v) is 9.89. The summed E-state index contributed by atoms with van der Waals surface area (Å²) < 4.78 is 9.37. The number of methoxy groups -OCH3 is 2. The van der Waals surface area contributed by atoms with Crippen molar-refractivity contribution in [2.75, 3.05) is 25.3 Å². The summed E-state index contributed by atoms with van der Waals surface area (Å²) in [5.74, 6) is -0.939. The lowest BCUT2D eigenvalue weighted by Gasteiger charge is -2.11. The van der Waals surface area contributed by atoms with Crippen LogP contribution in [0.1, 0.15) is 26.3 Å². The molecule has 0 fully saturated rings. The van der Waals surface area contributed by atoms with Crippen molar-refractivity contribution in [2.24, 2.45) is 0 Å². The highest BCUT2D eigenvalue weighted by Crippen LogP contribution is 2.25. The van der Waals surface area contributed by atoms with E-state index in [9.17, 15) is 14.4 Å². The molecule has 148 valence electrons. The zero-order valence-corrected chi connectivity index (χ0v) is 17.4. The zero-order chi connectivity index (χ0) is 20.7. The van der Waals surface area contributed by atoms with Crippen LogP contribution in [0.4, 0.5) is 5.69 Å². The minimum absolute atomic E-state index is 0.113. The zero-order valence-electron chi connectivity index (χ0n) is 15.1. The van der Waals surface area contributed by atoms with Crippen molar-refractivity contribution in [1.29, 1.82) is 0 Å². The van der Waals surface area contributed by atoms with Crippen molar-refractivity contribution < 1.29 is 23.9 Å². The van der Waals surface area contributed by atoms with Gasteiger partial charge in [0.25, 0.3) is 0 Å². The standard InChI is InChI=1S/C19H17Cl2NO5S/c1-26-18(24)11-4-6-14(19(25)27-2)16(7-11)22-17(23)10-28-9-12-3-5-13(20)8-15(12)21/h3-8H,9-10H2,1-2H3,(H,22,23). The number of carbonyl (C=O) groups is 3. The monoisotopic (exact) mass is 441 g/mol. The maximum absolute atomic E-state index is 12.3. The highest BCUT2D eigenvalue weighted by atomic mass is 35.5. The Morgan fingerprint density at radius 1 is 1.00 bits per heavy atom. The Hall–Kier alpha value is -2.22. The van der Waals surface area contributed by atoms with Crippen molar-refractivity contribution in [3.05, 3.63) is 63.1 Å². The fourth-order valence-corrected chi connectivity index (χ4v) is 3.64. The van der Waals surface area contributed by atoms with Gasteiger partial charge in [-0.25, -0.2) is 9.59 Å². The van der Waals surface area contributed by atoms with E-state index in [1.807, 2.05) is 0 Å². The Bertz CT molecular complexity index is 904. The molecule has 0 aliphatic rings. The summed E-state index contributed by atoms with van der Waals surface area (Å²) in [4.78, 5) is 35.9. The third-order valence-electron chi connectivity index (χ3n) is 3.63. The summed E-state index contributed by atoms with van der Waals surface area (Å²) in [6, 6.07) is 9.35. The summed E-state index contributed by atoms with van der Waals surface area (Å²) in [7, 11) is 2.47. The summed E-state index contributed by atoms with van der Waals surface area (Å²) in [5.41, 5.74) is 1.36. The molecule has 0 saturated carbocycles. The molecule has 0 heterocycles. The van der Waals surface area contributed by atoms with Crippen LogP contribution in [0.5, 0.6) is 0 Å². The molecule has 2 aromatic carbocycles. The van der Waals surface area contributed by atoms with Gasteiger partial charge in [-0.05, 0) is 35.9 Å². The lowest BCUT2D eigenvalue weighted by atomic mass is 10.1. The average molecular weight is 442 g/mol. The Morgan fingerprint density at radius 3 is 2.36 bits per heavy atom. The fourth-order valence-electron chi connectivity index (χ4n) is 2.26. The summed E-state index contributed by atoms with van der Waals surface area (Å²) in [6.07, 6.45) is 0. The van der Waals surface area contributed by atoms with Crippen LogP contribution in [0.3, 0.4) is 0 Å². The van der Waals surface area contributed by atoms with Crippen molar-refractivity contribution in [3.8, 4) is 0 Å². The Morgan fingerprint density at radius 2 is 1.71 bits per heavy atom. The lowest BCUT2D eigenvalue weighted by molar-refractivity contribution is -0.113. The van der Waals surface area contributed by atoms with Gasteiger partial charge >= 0.3 is 11.9 Å². The second kappa shape index (κ2) is 10.4. The number of nitrogens with one attached hydrogen (secondary N) is 1. The lowest BCUT2D eigenvalue weighted by Crippen LogP contribution is -2.18. The van der Waals surface area contributed by atoms with Gasteiger partial charge in [-0.1, -0.05) is 29.3 Å². The third kappa shape index (κ3) is 5.89. The SMILES string of the molecule is COC(=O)c1ccc(C(=O)OC)c(NC(=O)CSCc2ccc(Cl)cc2Cl)c1.